The van der Waals surface area contributed by atoms with E-state index in [1.54, 1.807) is 32.2 Å². The maximum atomic E-state index is 13.1. The van der Waals surface area contributed by atoms with Gasteiger partial charge >= 0.3 is 0 Å². The third-order valence-electron chi connectivity index (χ3n) is 3.39. The molecule has 1 aromatic heterocycles. The van der Waals surface area contributed by atoms with E-state index in [0.29, 0.717) is 30.7 Å². The number of carbonyl (C=O) groups excluding carboxylic acids is 1. The number of thioether (sulfide) groups is 1. The molecule has 1 aromatic carbocycles. The minimum atomic E-state index is -0.342. The molecule has 0 radical (unpaired) electrons. The zero-order chi connectivity index (χ0) is 18.2. The minimum Gasteiger partial charge on any atom is -0.383 e. The molecule has 25 heavy (non-hydrogen) atoms. The van der Waals surface area contributed by atoms with Gasteiger partial charge in [0.25, 0.3) is 0 Å². The van der Waals surface area contributed by atoms with Crippen LogP contribution in [0.15, 0.2) is 42.1 Å². The number of hydrogen-bond donors (Lipinski definition) is 1. The van der Waals surface area contributed by atoms with Gasteiger partial charge in [0, 0.05) is 25.8 Å². The number of benzene rings is 1. The number of carbonyl (C=O) groups is 1. The Balaban J connectivity index is 2.16. The lowest BCUT2D eigenvalue weighted by atomic mass is 10.2. The molecular weight excluding hydrogens is 343 g/mol. The minimum absolute atomic E-state index is 0.0986. The van der Waals surface area contributed by atoms with Gasteiger partial charge < -0.3 is 10.1 Å². The van der Waals surface area contributed by atoms with Crippen LogP contribution in [0.4, 0.5) is 4.39 Å². The summed E-state index contributed by atoms with van der Waals surface area (Å²) in [4.78, 5) is 12.1. The first-order valence-electron chi connectivity index (χ1n) is 7.80. The maximum absolute atomic E-state index is 13.1. The van der Waals surface area contributed by atoms with Gasteiger partial charge in [0.05, 0.1) is 11.9 Å². The van der Waals surface area contributed by atoms with E-state index in [9.17, 15) is 9.18 Å². The number of methoxy groups -OCH3 is 1. The number of amides is 1. The molecule has 0 aliphatic heterocycles. The van der Waals surface area contributed by atoms with Crippen LogP contribution in [0.2, 0.25) is 0 Å². The number of nitrogens with zero attached hydrogens (tertiary/aromatic N) is 3. The maximum Gasteiger partial charge on any atom is 0.233 e. The van der Waals surface area contributed by atoms with Crippen LogP contribution >= 0.6 is 11.8 Å². The highest BCUT2D eigenvalue weighted by atomic mass is 32.2. The summed E-state index contributed by atoms with van der Waals surface area (Å²) >= 11 is 1.31. The Bertz CT molecular complexity index is 718. The average molecular weight is 364 g/mol. The van der Waals surface area contributed by atoms with Gasteiger partial charge in [-0.1, -0.05) is 17.8 Å². The number of rotatable bonds is 9. The molecule has 0 saturated heterocycles. The van der Waals surface area contributed by atoms with Crippen molar-refractivity contribution in [1.29, 1.82) is 0 Å². The standard InChI is InChI=1S/C17H21FN4O2S/c1-4-10-22-15(13-5-7-14(18)8-6-13)20-21-17(22)25-12(2)16(23)19-9-11-24-3/h4-8,12H,1,9-11H2,2-3H3,(H,19,23)/t12-/m1/s1. The topological polar surface area (TPSA) is 69.0 Å². The largest absolute Gasteiger partial charge is 0.383 e. The lowest BCUT2D eigenvalue weighted by Crippen LogP contribution is -2.33. The number of aromatic nitrogens is 3. The SMILES string of the molecule is C=CCn1c(S[C@H](C)C(=O)NCCOC)nnc1-c1ccc(F)cc1. The molecule has 0 bridgehead atoms. The van der Waals surface area contributed by atoms with Crippen LogP contribution in [0.25, 0.3) is 11.4 Å². The Morgan fingerprint density at radius 2 is 2.16 bits per heavy atom. The molecule has 1 N–H and O–H groups in total. The predicted molar refractivity (Wildman–Crippen MR) is 95.8 cm³/mol. The van der Waals surface area contributed by atoms with Crippen LogP contribution in [0, 0.1) is 5.82 Å². The molecule has 0 aliphatic rings. The molecule has 1 amide bonds. The first-order valence-corrected chi connectivity index (χ1v) is 8.68. The summed E-state index contributed by atoms with van der Waals surface area (Å²) in [6, 6.07) is 6.05. The summed E-state index contributed by atoms with van der Waals surface area (Å²) in [6.07, 6.45) is 1.73. The molecular formula is C17H21FN4O2S. The van der Waals surface area contributed by atoms with E-state index >= 15 is 0 Å². The van der Waals surface area contributed by atoms with Crippen LogP contribution in [0.1, 0.15) is 6.92 Å². The van der Waals surface area contributed by atoms with Gasteiger partial charge in [-0.25, -0.2) is 4.39 Å². The lowest BCUT2D eigenvalue weighted by Gasteiger charge is -2.12. The fourth-order valence-electron chi connectivity index (χ4n) is 2.11. The van der Waals surface area contributed by atoms with E-state index in [2.05, 4.69) is 22.1 Å². The molecule has 1 heterocycles. The predicted octanol–water partition coefficient (Wildman–Crippen LogP) is 2.51. The first kappa shape index (κ1) is 19.1. The zero-order valence-corrected chi connectivity index (χ0v) is 15.1. The highest BCUT2D eigenvalue weighted by Crippen LogP contribution is 2.27. The van der Waals surface area contributed by atoms with Crippen molar-refractivity contribution in [2.75, 3.05) is 20.3 Å². The molecule has 134 valence electrons. The van der Waals surface area contributed by atoms with Crippen LogP contribution in [0.3, 0.4) is 0 Å². The van der Waals surface area contributed by atoms with Crippen molar-refractivity contribution < 1.29 is 13.9 Å². The van der Waals surface area contributed by atoms with Crippen molar-refractivity contribution >= 4 is 17.7 Å². The van der Waals surface area contributed by atoms with E-state index < -0.39 is 0 Å². The number of hydrogen-bond acceptors (Lipinski definition) is 5. The summed E-state index contributed by atoms with van der Waals surface area (Å²) in [6.45, 7) is 6.96. The molecule has 0 fully saturated rings. The van der Waals surface area contributed by atoms with E-state index in [-0.39, 0.29) is 17.0 Å². The third-order valence-corrected chi connectivity index (χ3v) is 4.47. The van der Waals surface area contributed by atoms with Crippen molar-refractivity contribution in [3.8, 4) is 11.4 Å². The Morgan fingerprint density at radius 3 is 2.80 bits per heavy atom. The number of ether oxygens (including phenoxy) is 1. The van der Waals surface area contributed by atoms with E-state index in [0.717, 1.165) is 5.56 Å². The highest BCUT2D eigenvalue weighted by molar-refractivity contribution is 8.00. The summed E-state index contributed by atoms with van der Waals surface area (Å²) in [5, 5.41) is 11.4. The molecule has 2 rings (SSSR count). The Kier molecular flexibility index (Phi) is 7.15. The van der Waals surface area contributed by atoms with Crippen molar-refractivity contribution in [3.63, 3.8) is 0 Å². The molecule has 0 unspecified atom stereocenters. The van der Waals surface area contributed by atoms with E-state index in [1.165, 1.54) is 23.9 Å². The van der Waals surface area contributed by atoms with Crippen molar-refractivity contribution in [2.24, 2.45) is 0 Å². The second kappa shape index (κ2) is 9.33. The smallest absolute Gasteiger partial charge is 0.233 e. The average Bonchev–Trinajstić information content (AvgIpc) is 2.98. The van der Waals surface area contributed by atoms with Gasteiger partial charge in [0.15, 0.2) is 11.0 Å². The van der Waals surface area contributed by atoms with Crippen molar-refractivity contribution in [1.82, 2.24) is 20.1 Å². The zero-order valence-electron chi connectivity index (χ0n) is 14.2. The number of nitrogens with one attached hydrogen (secondary N) is 1. The van der Waals surface area contributed by atoms with Gasteiger partial charge in [-0.3, -0.25) is 9.36 Å². The van der Waals surface area contributed by atoms with E-state index in [1.807, 2.05) is 4.57 Å². The molecule has 0 saturated carbocycles. The fraction of sp³-hybridized carbons (Fsp3) is 0.353. The molecule has 2 aromatic rings. The van der Waals surface area contributed by atoms with Gasteiger partial charge in [-0.2, -0.15) is 0 Å². The third kappa shape index (κ3) is 5.14. The lowest BCUT2D eigenvalue weighted by molar-refractivity contribution is -0.120. The Morgan fingerprint density at radius 1 is 1.44 bits per heavy atom. The molecule has 8 heteroatoms. The summed E-state index contributed by atoms with van der Waals surface area (Å²) < 4.78 is 19.9. The molecule has 6 nitrogen and oxygen atoms in total. The second-order valence-corrected chi connectivity index (χ2v) is 6.56. The van der Waals surface area contributed by atoms with Gasteiger partial charge in [-0.15, -0.1) is 16.8 Å². The van der Waals surface area contributed by atoms with Gasteiger partial charge in [0.2, 0.25) is 5.91 Å². The first-order chi connectivity index (χ1) is 12.1. The Labute approximate surface area is 150 Å². The quantitative estimate of drug-likeness (QED) is 0.421. The second-order valence-electron chi connectivity index (χ2n) is 5.26. The van der Waals surface area contributed by atoms with Gasteiger partial charge in [-0.05, 0) is 31.2 Å². The summed E-state index contributed by atoms with van der Waals surface area (Å²) in [7, 11) is 1.58. The number of allylic oxidation sites excluding steroid dienone is 1. The summed E-state index contributed by atoms with van der Waals surface area (Å²) in [5.41, 5.74) is 0.750. The Hall–Kier alpha value is -2.19. The fourth-order valence-corrected chi connectivity index (χ4v) is 3.00. The van der Waals surface area contributed by atoms with Crippen molar-refractivity contribution in [3.05, 3.63) is 42.7 Å². The van der Waals surface area contributed by atoms with E-state index in [4.69, 9.17) is 4.74 Å². The van der Waals surface area contributed by atoms with Crippen LogP contribution < -0.4 is 5.32 Å². The summed E-state index contributed by atoms with van der Waals surface area (Å²) in [5.74, 6) is 0.197. The highest BCUT2D eigenvalue weighted by Gasteiger charge is 2.20. The normalized spacial score (nSPS) is 12.0. The van der Waals surface area contributed by atoms with Crippen LogP contribution in [0.5, 0.6) is 0 Å². The molecule has 0 aliphatic carbocycles. The monoisotopic (exact) mass is 364 g/mol. The number of halogens is 1. The van der Waals surface area contributed by atoms with Crippen molar-refractivity contribution in [2.45, 2.75) is 23.9 Å². The van der Waals surface area contributed by atoms with Crippen LogP contribution in [-0.4, -0.2) is 46.2 Å². The van der Waals surface area contributed by atoms with Crippen LogP contribution in [-0.2, 0) is 16.1 Å². The van der Waals surface area contributed by atoms with Gasteiger partial charge in [0.1, 0.15) is 5.82 Å². The molecule has 0 spiro atoms. The molecule has 1 atom stereocenters.